The average molecular weight is 363 g/mol. The molecule has 0 aliphatic carbocycles. The quantitative estimate of drug-likeness (QED) is 0.753. The number of anilines is 1. The largest absolute Gasteiger partial charge is 0.382 e. The van der Waals surface area contributed by atoms with E-state index in [-0.39, 0.29) is 5.91 Å². The third kappa shape index (κ3) is 3.39. The van der Waals surface area contributed by atoms with Crippen LogP contribution in [0.1, 0.15) is 32.3 Å². The maximum atomic E-state index is 11.7. The molecule has 27 heavy (non-hydrogen) atoms. The fourth-order valence-electron chi connectivity index (χ4n) is 3.72. The minimum absolute atomic E-state index is 0.247. The van der Waals surface area contributed by atoms with Gasteiger partial charge in [0.05, 0.1) is 17.4 Å². The minimum atomic E-state index is 0.247. The molecule has 2 N–H and O–H groups in total. The van der Waals surface area contributed by atoms with Crippen molar-refractivity contribution >= 4 is 39.7 Å². The van der Waals surface area contributed by atoms with Gasteiger partial charge in [0.2, 0.25) is 5.91 Å². The summed E-state index contributed by atoms with van der Waals surface area (Å²) in [5, 5.41) is 1.05. The van der Waals surface area contributed by atoms with Crippen molar-refractivity contribution in [3.63, 3.8) is 0 Å². The van der Waals surface area contributed by atoms with Crippen molar-refractivity contribution in [1.82, 2.24) is 19.4 Å². The highest BCUT2D eigenvalue weighted by Gasteiger charge is 2.18. The highest BCUT2D eigenvalue weighted by molar-refractivity contribution is 6.06. The van der Waals surface area contributed by atoms with Crippen LogP contribution in [0.3, 0.4) is 0 Å². The van der Waals surface area contributed by atoms with Gasteiger partial charge in [-0.2, -0.15) is 0 Å². The zero-order valence-corrected chi connectivity index (χ0v) is 15.9. The van der Waals surface area contributed by atoms with Crippen LogP contribution in [0.15, 0.2) is 30.6 Å². The molecule has 1 amide bonds. The molecule has 1 fully saturated rings. The summed E-state index contributed by atoms with van der Waals surface area (Å²) in [6, 6.07) is 6.16. The Morgan fingerprint density at radius 1 is 1.33 bits per heavy atom. The summed E-state index contributed by atoms with van der Waals surface area (Å²) < 4.78 is 2.16. The van der Waals surface area contributed by atoms with Gasteiger partial charge in [0, 0.05) is 31.4 Å². The highest BCUT2D eigenvalue weighted by Crippen LogP contribution is 2.28. The Morgan fingerprint density at radius 3 is 2.93 bits per heavy atom. The van der Waals surface area contributed by atoms with Gasteiger partial charge in [0.25, 0.3) is 0 Å². The summed E-state index contributed by atoms with van der Waals surface area (Å²) in [6.07, 6.45) is 7.61. The predicted octanol–water partition coefficient (Wildman–Crippen LogP) is 3.46. The minimum Gasteiger partial charge on any atom is -0.382 e. The number of hydrogen-bond donors (Lipinski definition) is 1. The molecule has 0 saturated carbocycles. The van der Waals surface area contributed by atoms with Crippen LogP contribution in [0.5, 0.6) is 0 Å². The Hall–Kier alpha value is -2.89. The molecule has 0 spiro atoms. The lowest BCUT2D eigenvalue weighted by Crippen LogP contribution is -2.24. The second-order valence-corrected chi connectivity index (χ2v) is 7.61. The molecule has 3 aromatic rings. The predicted molar refractivity (Wildman–Crippen MR) is 109 cm³/mol. The standard InChI is InChI=1S/C21H25N5O/c1-14(2)12-26-13-23-19-20(26)16-11-15(7-8-17(16)24-21(19)22)5-3-9-25-10-4-6-18(25)27/h3,5,7-8,11,13-14H,4,6,9-10,12H2,1-2H3,(H2,22,24)/b5-3+. The number of carbonyl (C=O) groups excluding carboxylic acids is 1. The number of rotatable bonds is 5. The Bertz CT molecular complexity index is 1030. The van der Waals surface area contributed by atoms with Crippen LogP contribution in [-0.2, 0) is 11.3 Å². The first kappa shape index (κ1) is 17.5. The maximum Gasteiger partial charge on any atom is 0.222 e. The molecule has 2 aromatic heterocycles. The van der Waals surface area contributed by atoms with Gasteiger partial charge in [-0.15, -0.1) is 0 Å². The van der Waals surface area contributed by atoms with Crippen LogP contribution in [0.2, 0.25) is 0 Å². The van der Waals surface area contributed by atoms with E-state index in [9.17, 15) is 4.79 Å². The number of nitrogens with two attached hydrogens (primary N) is 1. The highest BCUT2D eigenvalue weighted by atomic mass is 16.2. The summed E-state index contributed by atoms with van der Waals surface area (Å²) in [5.74, 6) is 1.22. The normalized spacial score (nSPS) is 15.2. The molecule has 3 heterocycles. The molecule has 0 radical (unpaired) electrons. The first-order chi connectivity index (χ1) is 13.0. The Balaban J connectivity index is 1.71. The van der Waals surface area contributed by atoms with Crippen molar-refractivity contribution in [1.29, 1.82) is 0 Å². The number of nitrogens with zero attached hydrogens (tertiary/aromatic N) is 4. The monoisotopic (exact) mass is 363 g/mol. The fraction of sp³-hybridized carbons (Fsp3) is 0.381. The van der Waals surface area contributed by atoms with E-state index in [0.717, 1.165) is 47.0 Å². The number of nitrogen functional groups attached to an aromatic ring is 1. The van der Waals surface area contributed by atoms with E-state index in [1.165, 1.54) is 0 Å². The van der Waals surface area contributed by atoms with Gasteiger partial charge >= 0.3 is 0 Å². The third-order valence-electron chi connectivity index (χ3n) is 4.97. The Morgan fingerprint density at radius 2 is 2.19 bits per heavy atom. The summed E-state index contributed by atoms with van der Waals surface area (Å²) in [7, 11) is 0. The molecule has 0 unspecified atom stereocenters. The smallest absolute Gasteiger partial charge is 0.222 e. The summed E-state index contributed by atoms with van der Waals surface area (Å²) in [6.45, 7) is 6.78. The van der Waals surface area contributed by atoms with E-state index in [1.54, 1.807) is 0 Å². The van der Waals surface area contributed by atoms with Crippen molar-refractivity contribution in [2.75, 3.05) is 18.8 Å². The number of benzene rings is 1. The van der Waals surface area contributed by atoms with Gasteiger partial charge in [-0.05, 0) is 30.0 Å². The topological polar surface area (TPSA) is 77.0 Å². The molecular weight excluding hydrogens is 338 g/mol. The van der Waals surface area contributed by atoms with Crippen LogP contribution < -0.4 is 5.73 Å². The Kier molecular flexibility index (Phi) is 4.56. The molecule has 1 aliphatic rings. The zero-order chi connectivity index (χ0) is 19.0. The Labute approximate surface area is 158 Å². The number of aromatic nitrogens is 3. The van der Waals surface area contributed by atoms with Crippen molar-refractivity contribution in [3.8, 4) is 0 Å². The van der Waals surface area contributed by atoms with Gasteiger partial charge < -0.3 is 15.2 Å². The zero-order valence-electron chi connectivity index (χ0n) is 15.9. The number of fused-ring (bicyclic) bond motifs is 3. The number of imidazole rings is 1. The van der Waals surface area contributed by atoms with Crippen molar-refractivity contribution in [2.24, 2.45) is 5.92 Å². The first-order valence-electron chi connectivity index (χ1n) is 9.51. The van der Waals surface area contributed by atoms with Crippen molar-refractivity contribution < 1.29 is 4.79 Å². The van der Waals surface area contributed by atoms with E-state index >= 15 is 0 Å². The second-order valence-electron chi connectivity index (χ2n) is 7.61. The summed E-state index contributed by atoms with van der Waals surface area (Å²) >= 11 is 0. The molecule has 1 aromatic carbocycles. The van der Waals surface area contributed by atoms with Crippen LogP contribution in [0.4, 0.5) is 5.82 Å². The molecule has 1 saturated heterocycles. The maximum absolute atomic E-state index is 11.7. The first-order valence-corrected chi connectivity index (χ1v) is 9.51. The van der Waals surface area contributed by atoms with E-state index in [1.807, 2.05) is 23.4 Å². The van der Waals surface area contributed by atoms with E-state index < -0.39 is 0 Å². The van der Waals surface area contributed by atoms with Gasteiger partial charge in [0.15, 0.2) is 5.82 Å². The van der Waals surface area contributed by atoms with Crippen LogP contribution in [0, 0.1) is 5.92 Å². The molecule has 0 bridgehead atoms. The van der Waals surface area contributed by atoms with Gasteiger partial charge in [-0.3, -0.25) is 4.79 Å². The van der Waals surface area contributed by atoms with Crippen LogP contribution >= 0.6 is 0 Å². The van der Waals surface area contributed by atoms with E-state index in [4.69, 9.17) is 5.73 Å². The third-order valence-corrected chi connectivity index (χ3v) is 4.97. The van der Waals surface area contributed by atoms with Gasteiger partial charge in [0.1, 0.15) is 5.52 Å². The molecule has 6 nitrogen and oxygen atoms in total. The SMILES string of the molecule is CC(C)Cn1cnc2c(N)nc3ccc(/C=C/CN4CCCC4=O)cc3c21. The van der Waals surface area contributed by atoms with Gasteiger partial charge in [-0.25, -0.2) is 9.97 Å². The lowest BCUT2D eigenvalue weighted by atomic mass is 10.1. The lowest BCUT2D eigenvalue weighted by molar-refractivity contribution is -0.127. The molecule has 6 heteroatoms. The van der Waals surface area contributed by atoms with Crippen molar-refractivity contribution in [3.05, 3.63) is 36.2 Å². The van der Waals surface area contributed by atoms with E-state index in [2.05, 4.69) is 46.6 Å². The van der Waals surface area contributed by atoms with Gasteiger partial charge in [-0.1, -0.05) is 32.1 Å². The van der Waals surface area contributed by atoms with Crippen LogP contribution in [-0.4, -0.2) is 38.4 Å². The number of amides is 1. The molecule has 140 valence electrons. The number of carbonyl (C=O) groups is 1. The average Bonchev–Trinajstić information content (AvgIpc) is 3.22. The molecule has 0 atom stereocenters. The molecule has 4 rings (SSSR count). The number of hydrogen-bond acceptors (Lipinski definition) is 4. The van der Waals surface area contributed by atoms with E-state index in [0.29, 0.717) is 24.7 Å². The molecule has 1 aliphatic heterocycles. The lowest BCUT2D eigenvalue weighted by Gasteiger charge is -2.12. The van der Waals surface area contributed by atoms with Crippen LogP contribution in [0.25, 0.3) is 28.0 Å². The molecular formula is C21H25N5O. The fourth-order valence-corrected chi connectivity index (χ4v) is 3.72. The van der Waals surface area contributed by atoms with Crippen molar-refractivity contribution in [2.45, 2.75) is 33.2 Å². The summed E-state index contributed by atoms with van der Waals surface area (Å²) in [5.41, 5.74) is 9.88. The number of pyridine rings is 1. The second kappa shape index (κ2) is 7.02. The number of likely N-dealkylation sites (tertiary alicyclic amines) is 1. The summed E-state index contributed by atoms with van der Waals surface area (Å²) in [4.78, 5) is 22.6.